The Labute approximate surface area is 233 Å². The van der Waals surface area contributed by atoms with Gasteiger partial charge in [0.25, 0.3) is 5.91 Å². The molecule has 6 rings (SSSR count). The lowest BCUT2D eigenvalue weighted by Gasteiger charge is -2.24. The minimum atomic E-state index is 0.0364. The Morgan fingerprint density at radius 1 is 0.875 bits per heavy atom. The van der Waals surface area contributed by atoms with Gasteiger partial charge in [0.2, 0.25) is 0 Å². The quantitative estimate of drug-likeness (QED) is 0.304. The molecule has 0 saturated carbocycles. The fraction of sp³-hybridized carbons (Fsp3) is 0.250. The number of amides is 1. The van der Waals surface area contributed by atoms with Gasteiger partial charge in [-0.2, -0.15) is 5.10 Å². The number of ether oxygens (including phenoxy) is 1. The van der Waals surface area contributed by atoms with Crippen LogP contribution >= 0.6 is 0 Å². The van der Waals surface area contributed by atoms with Crippen LogP contribution in [-0.2, 0) is 6.42 Å². The van der Waals surface area contributed by atoms with E-state index in [0.29, 0.717) is 31.6 Å². The van der Waals surface area contributed by atoms with E-state index in [9.17, 15) is 4.79 Å². The molecule has 0 atom stereocenters. The summed E-state index contributed by atoms with van der Waals surface area (Å²) in [6.45, 7) is 4.85. The van der Waals surface area contributed by atoms with Crippen LogP contribution in [0, 0.1) is 6.92 Å². The normalized spacial score (nSPS) is 13.8. The lowest BCUT2D eigenvalue weighted by molar-refractivity contribution is 0.0767. The summed E-state index contributed by atoms with van der Waals surface area (Å²) in [6.07, 6.45) is 3.32. The van der Waals surface area contributed by atoms with Gasteiger partial charge < -0.3 is 14.5 Å². The number of aryl methyl sites for hydroxylation is 1. The van der Waals surface area contributed by atoms with E-state index in [1.54, 1.807) is 7.11 Å². The SMILES string of the molecule is COc1ccc(C(=O)N2CCCN(c3nc(Cc4ccc(C)cc4)nc4c3cnn4-c3ccccc3)CC2)cc1. The van der Waals surface area contributed by atoms with Crippen molar-refractivity contribution in [1.82, 2.24) is 24.6 Å². The van der Waals surface area contributed by atoms with E-state index < -0.39 is 0 Å². The molecule has 0 N–H and O–H groups in total. The summed E-state index contributed by atoms with van der Waals surface area (Å²) in [4.78, 5) is 27.6. The summed E-state index contributed by atoms with van der Waals surface area (Å²) < 4.78 is 7.13. The van der Waals surface area contributed by atoms with Crippen LogP contribution in [-0.4, -0.2) is 63.8 Å². The van der Waals surface area contributed by atoms with Crippen molar-refractivity contribution in [3.05, 3.63) is 108 Å². The van der Waals surface area contributed by atoms with Crippen LogP contribution in [0.3, 0.4) is 0 Å². The van der Waals surface area contributed by atoms with Crippen molar-refractivity contribution in [2.75, 3.05) is 38.2 Å². The number of methoxy groups -OCH3 is 1. The molecule has 0 spiro atoms. The number of carbonyl (C=O) groups is 1. The molecule has 2 aromatic heterocycles. The summed E-state index contributed by atoms with van der Waals surface area (Å²) in [6, 6.07) is 25.9. The van der Waals surface area contributed by atoms with Crippen LogP contribution < -0.4 is 9.64 Å². The molecule has 0 unspecified atom stereocenters. The Morgan fingerprint density at radius 3 is 2.40 bits per heavy atom. The molecule has 1 fully saturated rings. The molecule has 0 bridgehead atoms. The Balaban J connectivity index is 1.32. The number of hydrogen-bond acceptors (Lipinski definition) is 6. The van der Waals surface area contributed by atoms with Crippen LogP contribution in [0.1, 0.15) is 33.7 Å². The van der Waals surface area contributed by atoms with Crippen molar-refractivity contribution < 1.29 is 9.53 Å². The van der Waals surface area contributed by atoms with Crippen molar-refractivity contribution in [3.8, 4) is 11.4 Å². The second-order valence-corrected chi connectivity index (χ2v) is 10.1. The Morgan fingerprint density at radius 2 is 1.65 bits per heavy atom. The smallest absolute Gasteiger partial charge is 0.253 e. The third-order valence-electron chi connectivity index (χ3n) is 7.36. The topological polar surface area (TPSA) is 76.4 Å². The Bertz CT molecular complexity index is 1610. The summed E-state index contributed by atoms with van der Waals surface area (Å²) in [7, 11) is 1.63. The van der Waals surface area contributed by atoms with Gasteiger partial charge in [0.15, 0.2) is 5.65 Å². The fourth-order valence-corrected chi connectivity index (χ4v) is 5.15. The van der Waals surface area contributed by atoms with Crippen molar-refractivity contribution >= 4 is 22.8 Å². The van der Waals surface area contributed by atoms with Crippen LogP contribution in [0.15, 0.2) is 85.1 Å². The van der Waals surface area contributed by atoms with Crippen LogP contribution in [0.5, 0.6) is 5.75 Å². The molecule has 202 valence electrons. The minimum Gasteiger partial charge on any atom is -0.497 e. The summed E-state index contributed by atoms with van der Waals surface area (Å²) >= 11 is 0. The van der Waals surface area contributed by atoms with Gasteiger partial charge in [-0.1, -0.05) is 48.0 Å². The highest BCUT2D eigenvalue weighted by Crippen LogP contribution is 2.28. The lowest BCUT2D eigenvalue weighted by Crippen LogP contribution is -2.35. The maximum Gasteiger partial charge on any atom is 0.253 e. The molecule has 0 aliphatic carbocycles. The number of carbonyl (C=O) groups excluding carboxylic acids is 1. The first kappa shape index (κ1) is 25.6. The van der Waals surface area contributed by atoms with E-state index >= 15 is 0 Å². The van der Waals surface area contributed by atoms with Gasteiger partial charge in [-0.25, -0.2) is 14.6 Å². The molecule has 1 amide bonds. The second-order valence-electron chi connectivity index (χ2n) is 10.1. The van der Waals surface area contributed by atoms with E-state index in [4.69, 9.17) is 19.8 Å². The molecule has 3 aromatic carbocycles. The van der Waals surface area contributed by atoms with Gasteiger partial charge in [0.05, 0.1) is 24.4 Å². The average Bonchev–Trinajstić information content (AvgIpc) is 3.27. The number of fused-ring (bicyclic) bond motifs is 1. The first-order valence-corrected chi connectivity index (χ1v) is 13.6. The first-order valence-electron chi connectivity index (χ1n) is 13.6. The largest absolute Gasteiger partial charge is 0.497 e. The predicted molar refractivity (Wildman–Crippen MR) is 156 cm³/mol. The van der Waals surface area contributed by atoms with Crippen LogP contribution in [0.2, 0.25) is 0 Å². The monoisotopic (exact) mass is 532 g/mol. The van der Waals surface area contributed by atoms with Crippen LogP contribution in [0.25, 0.3) is 16.7 Å². The summed E-state index contributed by atoms with van der Waals surface area (Å²) in [5, 5.41) is 5.62. The van der Waals surface area contributed by atoms with E-state index in [-0.39, 0.29) is 5.91 Å². The zero-order valence-electron chi connectivity index (χ0n) is 22.8. The third kappa shape index (κ3) is 5.25. The molecule has 40 heavy (non-hydrogen) atoms. The number of nitrogens with zero attached hydrogens (tertiary/aromatic N) is 6. The van der Waals surface area contributed by atoms with E-state index in [2.05, 4.69) is 36.1 Å². The molecule has 1 aliphatic rings. The molecular formula is C32H32N6O2. The number of para-hydroxylation sites is 1. The fourth-order valence-electron chi connectivity index (χ4n) is 5.15. The van der Waals surface area contributed by atoms with Gasteiger partial charge in [-0.15, -0.1) is 0 Å². The number of aromatic nitrogens is 4. The maximum atomic E-state index is 13.3. The summed E-state index contributed by atoms with van der Waals surface area (Å²) in [5.74, 6) is 2.39. The minimum absolute atomic E-state index is 0.0364. The average molecular weight is 533 g/mol. The molecule has 5 aromatic rings. The predicted octanol–water partition coefficient (Wildman–Crippen LogP) is 5.08. The number of anilines is 1. The number of rotatable bonds is 6. The molecule has 0 radical (unpaired) electrons. The van der Waals surface area contributed by atoms with E-state index in [1.165, 1.54) is 5.56 Å². The van der Waals surface area contributed by atoms with E-state index in [0.717, 1.165) is 52.6 Å². The van der Waals surface area contributed by atoms with Crippen molar-refractivity contribution in [2.24, 2.45) is 0 Å². The molecule has 8 heteroatoms. The van der Waals surface area contributed by atoms with Gasteiger partial charge in [-0.05, 0) is 55.3 Å². The zero-order chi connectivity index (χ0) is 27.5. The van der Waals surface area contributed by atoms with Crippen molar-refractivity contribution in [1.29, 1.82) is 0 Å². The highest BCUT2D eigenvalue weighted by Gasteiger charge is 2.24. The van der Waals surface area contributed by atoms with Gasteiger partial charge >= 0.3 is 0 Å². The molecule has 1 saturated heterocycles. The third-order valence-corrected chi connectivity index (χ3v) is 7.36. The van der Waals surface area contributed by atoms with Gasteiger partial charge in [-0.3, -0.25) is 4.79 Å². The lowest BCUT2D eigenvalue weighted by atomic mass is 10.1. The maximum absolute atomic E-state index is 13.3. The standard InChI is InChI=1S/C32H32N6O2/c1-23-9-11-24(12-10-23)21-29-34-30(28-22-33-38(31(28)35-29)26-7-4-3-5-8-26)36-17-6-18-37(20-19-36)32(39)25-13-15-27(40-2)16-14-25/h3-5,7-16,22H,6,17-21H2,1-2H3. The van der Waals surface area contributed by atoms with Gasteiger partial charge in [0, 0.05) is 38.2 Å². The molecule has 3 heterocycles. The molecule has 1 aliphatic heterocycles. The van der Waals surface area contributed by atoms with Crippen molar-refractivity contribution in [2.45, 2.75) is 19.8 Å². The first-order chi connectivity index (χ1) is 19.6. The summed E-state index contributed by atoms with van der Waals surface area (Å²) in [5.41, 5.74) is 4.79. The molecule has 8 nitrogen and oxygen atoms in total. The molecular weight excluding hydrogens is 500 g/mol. The highest BCUT2D eigenvalue weighted by atomic mass is 16.5. The van der Waals surface area contributed by atoms with Crippen LogP contribution in [0.4, 0.5) is 5.82 Å². The number of benzene rings is 3. The Kier molecular flexibility index (Phi) is 7.14. The second kappa shape index (κ2) is 11.2. The van der Waals surface area contributed by atoms with E-state index in [1.807, 2.05) is 70.4 Å². The zero-order valence-corrected chi connectivity index (χ0v) is 22.8. The highest BCUT2D eigenvalue weighted by molar-refractivity contribution is 5.94. The van der Waals surface area contributed by atoms with Crippen molar-refractivity contribution in [3.63, 3.8) is 0 Å². The van der Waals surface area contributed by atoms with Gasteiger partial charge in [0.1, 0.15) is 17.4 Å². The number of hydrogen-bond donors (Lipinski definition) is 0. The Hall–Kier alpha value is -4.72.